The van der Waals surface area contributed by atoms with Crippen LogP contribution in [0.5, 0.6) is 0 Å². The van der Waals surface area contributed by atoms with Crippen LogP contribution in [0.25, 0.3) is 0 Å². The van der Waals surface area contributed by atoms with E-state index in [0.29, 0.717) is 18.4 Å². The second-order valence-corrected chi connectivity index (χ2v) is 8.01. The molecule has 3 nitrogen and oxygen atoms in total. The minimum atomic E-state index is -0.169. The van der Waals surface area contributed by atoms with Crippen molar-refractivity contribution >= 4 is 11.3 Å². The summed E-state index contributed by atoms with van der Waals surface area (Å²) in [6, 6.07) is 6.84. The molecule has 0 saturated carbocycles. The topological polar surface area (TPSA) is 42.1 Å². The number of likely N-dealkylation sites (tertiary alicyclic amines) is 1. The average Bonchev–Trinajstić information content (AvgIpc) is 2.91. The fraction of sp³-hybridized carbons (Fsp3) is 0.526. The van der Waals surface area contributed by atoms with Gasteiger partial charge in [0.15, 0.2) is 0 Å². The number of aryl methyl sites for hydroxylation is 2. The summed E-state index contributed by atoms with van der Waals surface area (Å²) < 4.78 is 13.0. The third-order valence-corrected chi connectivity index (χ3v) is 6.34. The maximum Gasteiger partial charge on any atom is 0.123 e. The van der Waals surface area contributed by atoms with E-state index in [1.807, 2.05) is 12.1 Å². The largest absolute Gasteiger partial charge is 0.330 e. The monoisotopic (exact) mass is 347 g/mol. The van der Waals surface area contributed by atoms with Crippen LogP contribution in [0, 0.1) is 25.6 Å². The zero-order valence-corrected chi connectivity index (χ0v) is 15.3. The Kier molecular flexibility index (Phi) is 5.64. The van der Waals surface area contributed by atoms with Crippen molar-refractivity contribution < 1.29 is 4.39 Å². The molecule has 0 aliphatic carbocycles. The number of piperidine rings is 1. The fourth-order valence-electron chi connectivity index (χ4n) is 3.51. The van der Waals surface area contributed by atoms with E-state index in [1.54, 1.807) is 23.5 Å². The molecule has 0 amide bonds. The first kappa shape index (κ1) is 17.5. The van der Waals surface area contributed by atoms with Crippen LogP contribution in [-0.4, -0.2) is 29.5 Å². The number of nitrogens with two attached hydrogens (primary N) is 1. The molecule has 2 N–H and O–H groups in total. The second-order valence-electron chi connectivity index (χ2n) is 6.78. The van der Waals surface area contributed by atoms with Crippen molar-refractivity contribution in [2.24, 2.45) is 11.7 Å². The predicted molar refractivity (Wildman–Crippen MR) is 97.8 cm³/mol. The summed E-state index contributed by atoms with van der Waals surface area (Å²) in [5.41, 5.74) is 8.40. The van der Waals surface area contributed by atoms with Gasteiger partial charge in [0.25, 0.3) is 0 Å². The Labute approximate surface area is 147 Å². The molecule has 5 heteroatoms. The smallest absolute Gasteiger partial charge is 0.123 e. The van der Waals surface area contributed by atoms with Gasteiger partial charge in [-0.3, -0.25) is 4.90 Å². The quantitative estimate of drug-likeness (QED) is 0.893. The summed E-state index contributed by atoms with van der Waals surface area (Å²) >= 11 is 1.81. The van der Waals surface area contributed by atoms with Gasteiger partial charge in [0.1, 0.15) is 5.82 Å². The molecule has 130 valence electrons. The highest BCUT2D eigenvalue weighted by Crippen LogP contribution is 2.35. The van der Waals surface area contributed by atoms with E-state index in [1.165, 1.54) is 15.4 Å². The molecule has 1 saturated heterocycles. The Bertz CT molecular complexity index is 640. The first-order chi connectivity index (χ1) is 11.6. The fourth-order valence-corrected chi connectivity index (χ4v) is 4.64. The Morgan fingerprint density at radius 1 is 1.25 bits per heavy atom. The predicted octanol–water partition coefficient (Wildman–Crippen LogP) is 3.85. The minimum Gasteiger partial charge on any atom is -0.330 e. The highest BCUT2D eigenvalue weighted by Gasteiger charge is 2.29. The van der Waals surface area contributed by atoms with E-state index >= 15 is 0 Å². The van der Waals surface area contributed by atoms with Crippen molar-refractivity contribution in [2.75, 3.05) is 19.6 Å². The molecule has 1 unspecified atom stereocenters. The van der Waals surface area contributed by atoms with Crippen LogP contribution in [-0.2, 0) is 6.54 Å². The molecule has 1 aromatic carbocycles. The molecule has 0 bridgehead atoms. The number of halogens is 1. The van der Waals surface area contributed by atoms with Crippen molar-refractivity contribution in [3.05, 3.63) is 51.2 Å². The lowest BCUT2D eigenvalue weighted by atomic mass is 9.84. The number of nitrogens with zero attached hydrogens (tertiary/aromatic N) is 2. The third kappa shape index (κ3) is 4.02. The number of benzene rings is 1. The summed E-state index contributed by atoms with van der Waals surface area (Å²) in [5, 5.41) is 1.21. The van der Waals surface area contributed by atoms with Crippen molar-refractivity contribution in [1.29, 1.82) is 0 Å². The molecule has 0 radical (unpaired) electrons. The molecule has 1 aromatic heterocycles. The standard InChI is InChI=1S/C19H26FN3S/c1-13-14(2)24-19(22-13)18(11-21)16-7-9-23(10-8-16)12-15-3-5-17(20)6-4-15/h3-6,16,18H,7-12,21H2,1-2H3. The van der Waals surface area contributed by atoms with Gasteiger partial charge in [-0.05, 0) is 63.4 Å². The van der Waals surface area contributed by atoms with Crippen molar-refractivity contribution in [3.63, 3.8) is 0 Å². The Morgan fingerprint density at radius 3 is 2.46 bits per heavy atom. The summed E-state index contributed by atoms with van der Waals surface area (Å²) in [6.45, 7) is 7.93. The van der Waals surface area contributed by atoms with Crippen LogP contribution in [0.15, 0.2) is 24.3 Å². The number of rotatable bonds is 5. The normalized spacial score (nSPS) is 18.0. The van der Waals surface area contributed by atoms with E-state index < -0.39 is 0 Å². The maximum atomic E-state index is 13.0. The molecular weight excluding hydrogens is 321 g/mol. The molecule has 3 rings (SSSR count). The van der Waals surface area contributed by atoms with Gasteiger partial charge in [0.05, 0.1) is 10.7 Å². The van der Waals surface area contributed by atoms with E-state index in [4.69, 9.17) is 10.7 Å². The molecule has 1 fully saturated rings. The molecule has 0 spiro atoms. The summed E-state index contributed by atoms with van der Waals surface area (Å²) in [7, 11) is 0. The maximum absolute atomic E-state index is 13.0. The Balaban J connectivity index is 1.58. The lowest BCUT2D eigenvalue weighted by Crippen LogP contribution is -2.36. The minimum absolute atomic E-state index is 0.169. The van der Waals surface area contributed by atoms with E-state index in [9.17, 15) is 4.39 Å². The van der Waals surface area contributed by atoms with Crippen LogP contribution in [0.2, 0.25) is 0 Å². The molecule has 2 heterocycles. The molecule has 2 aromatic rings. The lowest BCUT2D eigenvalue weighted by Gasteiger charge is -2.35. The third-order valence-electron chi connectivity index (χ3n) is 5.14. The summed E-state index contributed by atoms with van der Waals surface area (Å²) in [4.78, 5) is 8.50. The van der Waals surface area contributed by atoms with Crippen LogP contribution in [0.4, 0.5) is 4.39 Å². The highest BCUT2D eigenvalue weighted by molar-refractivity contribution is 7.11. The Hall–Kier alpha value is -1.30. The van der Waals surface area contributed by atoms with Crippen molar-refractivity contribution in [2.45, 2.75) is 39.2 Å². The van der Waals surface area contributed by atoms with Gasteiger partial charge < -0.3 is 5.73 Å². The average molecular weight is 348 g/mol. The second kappa shape index (κ2) is 7.72. The van der Waals surface area contributed by atoms with E-state index in [0.717, 1.165) is 38.2 Å². The summed E-state index contributed by atoms with van der Waals surface area (Å²) in [6.07, 6.45) is 2.31. The molecule has 24 heavy (non-hydrogen) atoms. The van der Waals surface area contributed by atoms with Gasteiger partial charge in [0.2, 0.25) is 0 Å². The first-order valence-electron chi connectivity index (χ1n) is 8.67. The first-order valence-corrected chi connectivity index (χ1v) is 9.49. The van der Waals surface area contributed by atoms with Gasteiger partial charge in [-0.25, -0.2) is 9.37 Å². The van der Waals surface area contributed by atoms with Gasteiger partial charge in [0, 0.05) is 23.9 Å². The SMILES string of the molecule is Cc1nc(C(CN)C2CCN(Cc3ccc(F)cc3)CC2)sc1C. The zero-order valence-electron chi connectivity index (χ0n) is 14.5. The van der Waals surface area contributed by atoms with Crippen LogP contribution < -0.4 is 5.73 Å². The zero-order chi connectivity index (χ0) is 17.1. The van der Waals surface area contributed by atoms with Crippen molar-refractivity contribution in [1.82, 2.24) is 9.88 Å². The Morgan fingerprint density at radius 2 is 1.92 bits per heavy atom. The number of thiazole rings is 1. The number of hydrogen-bond donors (Lipinski definition) is 1. The van der Waals surface area contributed by atoms with Crippen LogP contribution in [0.3, 0.4) is 0 Å². The van der Waals surface area contributed by atoms with Crippen LogP contribution in [0.1, 0.15) is 39.9 Å². The van der Waals surface area contributed by atoms with Gasteiger partial charge in [-0.1, -0.05) is 12.1 Å². The van der Waals surface area contributed by atoms with Gasteiger partial charge in [-0.2, -0.15) is 0 Å². The van der Waals surface area contributed by atoms with Crippen LogP contribution >= 0.6 is 11.3 Å². The molecule has 1 aliphatic heterocycles. The number of hydrogen-bond acceptors (Lipinski definition) is 4. The van der Waals surface area contributed by atoms with E-state index in [-0.39, 0.29) is 5.82 Å². The van der Waals surface area contributed by atoms with E-state index in [2.05, 4.69) is 18.7 Å². The molecule has 1 aliphatic rings. The van der Waals surface area contributed by atoms with Crippen molar-refractivity contribution in [3.8, 4) is 0 Å². The lowest BCUT2D eigenvalue weighted by molar-refractivity contribution is 0.162. The summed E-state index contributed by atoms with van der Waals surface area (Å²) in [5.74, 6) is 0.831. The number of aromatic nitrogens is 1. The van der Waals surface area contributed by atoms with Gasteiger partial charge in [-0.15, -0.1) is 11.3 Å². The molecule has 1 atom stereocenters. The highest BCUT2D eigenvalue weighted by atomic mass is 32.1. The molecular formula is C19H26FN3S. The van der Waals surface area contributed by atoms with Gasteiger partial charge >= 0.3 is 0 Å².